The fourth-order valence-corrected chi connectivity index (χ4v) is 9.72. The molecule has 296 valence electrons. The zero-order valence-electron chi connectivity index (χ0n) is 33.9. The van der Waals surface area contributed by atoms with Gasteiger partial charge in [0.15, 0.2) is 17.2 Å². The molecular formula is C56H36N6O. The van der Waals surface area contributed by atoms with Crippen LogP contribution in [0.1, 0.15) is 28.8 Å². The lowest BCUT2D eigenvalue weighted by Crippen LogP contribution is -2.28. The zero-order valence-corrected chi connectivity index (χ0v) is 33.9. The lowest BCUT2D eigenvalue weighted by atomic mass is 9.86. The lowest BCUT2D eigenvalue weighted by molar-refractivity contribution is 0.543. The van der Waals surface area contributed by atoms with Crippen LogP contribution in [0.4, 0.5) is 11.6 Å². The Kier molecular flexibility index (Phi) is 7.90. The largest absolute Gasteiger partial charge is 0.423 e. The average molecular weight is 809 g/mol. The SMILES string of the molecule is C1=CC2c3ccccc3N(c3nc(-c4ccc(-c5ccccc5)cc4)nc(-c4ccc(-c5ccccc5)cc4)n3)C2c2c1c1ccccc1n2-c1nc2c(ccc3ccccc32)o1. The van der Waals surface area contributed by atoms with Crippen molar-refractivity contribution >= 4 is 50.5 Å². The van der Waals surface area contributed by atoms with E-state index in [4.69, 9.17) is 24.4 Å². The van der Waals surface area contributed by atoms with Crippen LogP contribution in [-0.2, 0) is 0 Å². The molecule has 4 heterocycles. The molecule has 0 spiro atoms. The maximum atomic E-state index is 6.77. The van der Waals surface area contributed by atoms with Gasteiger partial charge in [0.1, 0.15) is 5.52 Å². The third-order valence-electron chi connectivity index (χ3n) is 12.7. The first-order valence-corrected chi connectivity index (χ1v) is 21.3. The molecule has 0 saturated carbocycles. The molecule has 1 aliphatic heterocycles. The van der Waals surface area contributed by atoms with E-state index in [9.17, 15) is 0 Å². The Morgan fingerprint density at radius 3 is 1.73 bits per heavy atom. The van der Waals surface area contributed by atoms with Crippen molar-refractivity contribution in [2.45, 2.75) is 12.0 Å². The number of aromatic nitrogens is 5. The van der Waals surface area contributed by atoms with Crippen LogP contribution in [0.3, 0.4) is 0 Å². The average Bonchev–Trinajstić information content (AvgIpc) is 4.05. The van der Waals surface area contributed by atoms with Crippen LogP contribution in [-0.4, -0.2) is 24.5 Å². The molecule has 0 amide bonds. The van der Waals surface area contributed by atoms with E-state index in [0.29, 0.717) is 23.6 Å². The predicted octanol–water partition coefficient (Wildman–Crippen LogP) is 13.8. The number of benzene rings is 8. The van der Waals surface area contributed by atoms with Crippen LogP contribution >= 0.6 is 0 Å². The van der Waals surface area contributed by atoms with Gasteiger partial charge in [-0.2, -0.15) is 15.0 Å². The van der Waals surface area contributed by atoms with E-state index in [1.165, 1.54) is 5.56 Å². The first-order chi connectivity index (χ1) is 31.2. The van der Waals surface area contributed by atoms with E-state index in [0.717, 1.165) is 83.1 Å². The van der Waals surface area contributed by atoms with Crippen molar-refractivity contribution in [3.63, 3.8) is 0 Å². The molecule has 7 heteroatoms. The second kappa shape index (κ2) is 14.1. The number of nitrogens with zero attached hydrogens (tertiary/aromatic N) is 6. The summed E-state index contributed by atoms with van der Waals surface area (Å²) in [6, 6.07) is 67.8. The number of para-hydroxylation sites is 2. The minimum atomic E-state index is -0.245. The van der Waals surface area contributed by atoms with Crippen LogP contribution in [0.2, 0.25) is 0 Å². The molecule has 8 aromatic carbocycles. The molecule has 2 unspecified atom stereocenters. The number of hydrogen-bond acceptors (Lipinski definition) is 6. The van der Waals surface area contributed by atoms with Gasteiger partial charge in [-0.05, 0) is 51.4 Å². The second-order valence-electron chi connectivity index (χ2n) is 16.2. The Balaban J connectivity index is 1.02. The molecule has 13 rings (SSSR count). The van der Waals surface area contributed by atoms with Gasteiger partial charge in [0, 0.05) is 39.1 Å². The molecule has 3 aromatic heterocycles. The van der Waals surface area contributed by atoms with Crippen molar-refractivity contribution in [2.24, 2.45) is 0 Å². The molecule has 7 nitrogen and oxygen atoms in total. The Hall–Kier alpha value is -8.42. The van der Waals surface area contributed by atoms with E-state index in [1.54, 1.807) is 0 Å². The van der Waals surface area contributed by atoms with Gasteiger partial charge >= 0.3 is 6.01 Å². The molecular weight excluding hydrogens is 773 g/mol. The number of anilines is 2. The Bertz CT molecular complexity index is 3470. The van der Waals surface area contributed by atoms with Crippen LogP contribution in [0.15, 0.2) is 205 Å². The van der Waals surface area contributed by atoms with Gasteiger partial charge in [-0.1, -0.05) is 188 Å². The van der Waals surface area contributed by atoms with Crippen LogP contribution in [0.25, 0.3) is 89.9 Å². The molecule has 0 radical (unpaired) electrons. The van der Waals surface area contributed by atoms with Gasteiger partial charge in [-0.3, -0.25) is 4.57 Å². The molecule has 0 bridgehead atoms. The van der Waals surface area contributed by atoms with Gasteiger partial charge in [-0.25, -0.2) is 4.98 Å². The molecule has 11 aromatic rings. The summed E-state index contributed by atoms with van der Waals surface area (Å²) in [5, 5.41) is 3.30. The van der Waals surface area contributed by atoms with E-state index in [1.807, 2.05) is 18.2 Å². The summed E-state index contributed by atoms with van der Waals surface area (Å²) in [6.45, 7) is 0. The molecule has 0 N–H and O–H groups in total. The molecule has 63 heavy (non-hydrogen) atoms. The topological polar surface area (TPSA) is 72.9 Å². The van der Waals surface area contributed by atoms with Crippen LogP contribution < -0.4 is 4.90 Å². The summed E-state index contributed by atoms with van der Waals surface area (Å²) in [7, 11) is 0. The minimum absolute atomic E-state index is 0.0130. The molecule has 0 fully saturated rings. The van der Waals surface area contributed by atoms with Gasteiger partial charge in [0.2, 0.25) is 5.95 Å². The van der Waals surface area contributed by atoms with Crippen LogP contribution in [0.5, 0.6) is 0 Å². The normalized spacial score (nSPS) is 15.2. The maximum absolute atomic E-state index is 6.77. The van der Waals surface area contributed by atoms with Crippen molar-refractivity contribution in [3.8, 4) is 51.0 Å². The van der Waals surface area contributed by atoms with Crippen molar-refractivity contribution in [3.05, 3.63) is 217 Å². The van der Waals surface area contributed by atoms with Crippen LogP contribution in [0, 0.1) is 0 Å². The molecule has 2 aliphatic rings. The number of oxazole rings is 1. The summed E-state index contributed by atoms with van der Waals surface area (Å²) in [5.74, 6) is 1.75. The highest BCUT2D eigenvalue weighted by Crippen LogP contribution is 2.57. The third-order valence-corrected chi connectivity index (χ3v) is 12.7. The fourth-order valence-electron chi connectivity index (χ4n) is 9.72. The third kappa shape index (κ3) is 5.67. The standard InChI is InChI=1S/C56H36N6O/c1-3-13-35(14-4-1)37-23-27-40(28-24-37)53-58-54(41-29-25-38(26-30-41)36-15-5-2-6-16-36)60-55(59-53)61-47-21-11-9-19-43(47)45-32-33-46-44-20-10-12-22-48(44)62(52(46)51(45)61)56-57-50-42-18-8-7-17-39(42)31-34-49(50)63-56/h1-34,45,51H. The van der Waals surface area contributed by atoms with Gasteiger partial charge in [0.05, 0.1) is 17.3 Å². The van der Waals surface area contributed by atoms with Crippen molar-refractivity contribution in [1.29, 1.82) is 0 Å². The summed E-state index contributed by atoms with van der Waals surface area (Å²) < 4.78 is 9.00. The van der Waals surface area contributed by atoms with Gasteiger partial charge < -0.3 is 9.32 Å². The summed E-state index contributed by atoms with van der Waals surface area (Å²) in [5.41, 5.74) is 13.4. The van der Waals surface area contributed by atoms with Crippen molar-refractivity contribution in [2.75, 3.05) is 4.90 Å². The highest BCUT2D eigenvalue weighted by atomic mass is 16.4. The quantitative estimate of drug-likeness (QED) is 0.167. The number of hydrogen-bond donors (Lipinski definition) is 0. The van der Waals surface area contributed by atoms with E-state index >= 15 is 0 Å². The summed E-state index contributed by atoms with van der Waals surface area (Å²) >= 11 is 0. The van der Waals surface area contributed by atoms with Gasteiger partial charge in [-0.15, -0.1) is 0 Å². The Morgan fingerprint density at radius 1 is 0.460 bits per heavy atom. The summed E-state index contributed by atoms with van der Waals surface area (Å²) in [4.78, 5) is 23.6. The maximum Gasteiger partial charge on any atom is 0.307 e. The second-order valence-corrected chi connectivity index (χ2v) is 16.2. The summed E-state index contributed by atoms with van der Waals surface area (Å²) in [6.07, 6.45) is 4.62. The van der Waals surface area contributed by atoms with Crippen molar-refractivity contribution < 1.29 is 4.42 Å². The first-order valence-electron chi connectivity index (χ1n) is 21.3. The highest BCUT2D eigenvalue weighted by molar-refractivity contribution is 6.04. The predicted molar refractivity (Wildman–Crippen MR) is 253 cm³/mol. The van der Waals surface area contributed by atoms with Crippen molar-refractivity contribution in [1.82, 2.24) is 24.5 Å². The van der Waals surface area contributed by atoms with E-state index in [2.05, 4.69) is 198 Å². The minimum Gasteiger partial charge on any atom is -0.423 e. The Morgan fingerprint density at radius 2 is 1.03 bits per heavy atom. The van der Waals surface area contributed by atoms with Gasteiger partial charge in [0.25, 0.3) is 0 Å². The molecule has 2 atom stereocenters. The number of rotatable bonds is 6. The monoisotopic (exact) mass is 808 g/mol. The highest BCUT2D eigenvalue weighted by Gasteiger charge is 2.46. The molecule has 1 aliphatic carbocycles. The zero-order chi connectivity index (χ0) is 41.4. The molecule has 0 saturated heterocycles. The smallest absolute Gasteiger partial charge is 0.307 e. The Labute approximate surface area is 362 Å². The first kappa shape index (κ1) is 35.3. The lowest BCUT2D eigenvalue weighted by Gasteiger charge is -2.31. The van der Waals surface area contributed by atoms with E-state index in [-0.39, 0.29) is 12.0 Å². The number of fused-ring (bicyclic) bond motifs is 10. The van der Waals surface area contributed by atoms with E-state index < -0.39 is 0 Å². The fraction of sp³-hybridized carbons (Fsp3) is 0.0357.